The van der Waals surface area contributed by atoms with Crippen LogP contribution in [0.25, 0.3) is 5.57 Å². The smallest absolute Gasteiger partial charge is 0.0231 e. The van der Waals surface area contributed by atoms with Gasteiger partial charge in [-0.3, -0.25) is 0 Å². The van der Waals surface area contributed by atoms with Gasteiger partial charge in [0, 0.05) is 0 Å². The quantitative estimate of drug-likeness (QED) is 0.698. The second-order valence-electron chi connectivity index (χ2n) is 4.78. The first-order chi connectivity index (χ1) is 8.75. The van der Waals surface area contributed by atoms with Gasteiger partial charge >= 0.3 is 0 Å². The van der Waals surface area contributed by atoms with Crippen LogP contribution in [0.5, 0.6) is 0 Å². The maximum atomic E-state index is 2.33. The molecule has 0 heteroatoms. The number of allylic oxidation sites excluding steroid dienone is 2. The van der Waals surface area contributed by atoms with E-state index >= 15 is 0 Å². The van der Waals surface area contributed by atoms with E-state index in [9.17, 15) is 0 Å². The number of hydrogen-bond donors (Lipinski definition) is 0. The number of hydrogen-bond acceptors (Lipinski definition) is 0. The second kappa shape index (κ2) is 6.20. The maximum absolute atomic E-state index is 2.33. The van der Waals surface area contributed by atoms with Crippen LogP contribution in [0, 0.1) is 6.92 Å². The molecule has 0 aromatic heterocycles. The van der Waals surface area contributed by atoms with Crippen LogP contribution in [0.4, 0.5) is 0 Å². The van der Waals surface area contributed by atoms with E-state index in [-0.39, 0.29) is 0 Å². The third kappa shape index (κ3) is 3.59. The third-order valence-electron chi connectivity index (χ3n) is 3.20. The maximum Gasteiger partial charge on any atom is -0.0231 e. The minimum Gasteiger partial charge on any atom is -0.0807 e. The molecule has 0 N–H and O–H groups in total. The SMILES string of the molecule is C/C(=C\CCc1cccc(C)c1)c1ccccc1. The highest BCUT2D eigenvalue weighted by Gasteiger charge is 1.95. The molecule has 2 aromatic carbocycles. The first-order valence-corrected chi connectivity index (χ1v) is 6.53. The van der Waals surface area contributed by atoms with Crippen molar-refractivity contribution >= 4 is 5.57 Å². The van der Waals surface area contributed by atoms with Gasteiger partial charge in [-0.05, 0) is 43.4 Å². The molecule has 0 bridgehead atoms. The van der Waals surface area contributed by atoms with Crippen LogP contribution in [0.3, 0.4) is 0 Å². The molecule has 0 heterocycles. The minimum atomic E-state index is 1.10. The highest BCUT2D eigenvalue weighted by Crippen LogP contribution is 2.15. The lowest BCUT2D eigenvalue weighted by atomic mass is 10.0. The third-order valence-corrected chi connectivity index (χ3v) is 3.20. The van der Waals surface area contributed by atoms with Crippen LogP contribution in [0.2, 0.25) is 0 Å². The average molecular weight is 236 g/mol. The van der Waals surface area contributed by atoms with Crippen LogP contribution in [0.1, 0.15) is 30.0 Å². The average Bonchev–Trinajstić information content (AvgIpc) is 2.40. The van der Waals surface area contributed by atoms with Crippen molar-refractivity contribution < 1.29 is 0 Å². The van der Waals surface area contributed by atoms with Crippen LogP contribution < -0.4 is 0 Å². The van der Waals surface area contributed by atoms with Gasteiger partial charge in [0.2, 0.25) is 0 Å². The number of rotatable bonds is 4. The molecule has 0 spiro atoms. The lowest BCUT2D eigenvalue weighted by Gasteiger charge is -2.03. The van der Waals surface area contributed by atoms with Crippen molar-refractivity contribution in [2.45, 2.75) is 26.7 Å². The largest absolute Gasteiger partial charge is 0.0807 e. The Morgan fingerprint density at radius 2 is 1.78 bits per heavy atom. The van der Waals surface area contributed by atoms with Gasteiger partial charge in [0.25, 0.3) is 0 Å². The fourth-order valence-electron chi connectivity index (χ4n) is 2.14. The molecule has 92 valence electrons. The molecule has 0 unspecified atom stereocenters. The zero-order valence-corrected chi connectivity index (χ0v) is 11.2. The summed E-state index contributed by atoms with van der Waals surface area (Å²) in [6, 6.07) is 19.3. The van der Waals surface area contributed by atoms with Crippen molar-refractivity contribution in [3.8, 4) is 0 Å². The van der Waals surface area contributed by atoms with Gasteiger partial charge in [0.15, 0.2) is 0 Å². The van der Waals surface area contributed by atoms with Gasteiger partial charge < -0.3 is 0 Å². The molecule has 0 saturated carbocycles. The first kappa shape index (κ1) is 12.6. The summed E-state index contributed by atoms with van der Waals surface area (Å²) in [5, 5.41) is 0. The lowest BCUT2D eigenvalue weighted by molar-refractivity contribution is 0.999. The molecule has 0 radical (unpaired) electrons. The second-order valence-corrected chi connectivity index (χ2v) is 4.78. The molecule has 0 aliphatic heterocycles. The normalized spacial score (nSPS) is 11.6. The monoisotopic (exact) mass is 236 g/mol. The van der Waals surface area contributed by atoms with E-state index in [0.717, 1.165) is 12.8 Å². The molecule has 18 heavy (non-hydrogen) atoms. The lowest BCUT2D eigenvalue weighted by Crippen LogP contribution is -1.85. The molecule has 2 aromatic rings. The summed E-state index contributed by atoms with van der Waals surface area (Å²) in [7, 11) is 0. The van der Waals surface area contributed by atoms with Gasteiger partial charge in [0.1, 0.15) is 0 Å². The van der Waals surface area contributed by atoms with Crippen LogP contribution >= 0.6 is 0 Å². The van der Waals surface area contributed by atoms with Crippen LogP contribution in [0.15, 0.2) is 60.7 Å². The molecule has 0 fully saturated rings. The van der Waals surface area contributed by atoms with Crippen molar-refractivity contribution in [2.75, 3.05) is 0 Å². The molecule has 0 saturated heterocycles. The predicted molar refractivity (Wildman–Crippen MR) is 79.6 cm³/mol. The van der Waals surface area contributed by atoms with Crippen molar-refractivity contribution in [2.24, 2.45) is 0 Å². The highest BCUT2D eigenvalue weighted by molar-refractivity contribution is 5.63. The van der Waals surface area contributed by atoms with E-state index in [4.69, 9.17) is 0 Å². The fraction of sp³-hybridized carbons (Fsp3) is 0.222. The molecular formula is C18H20. The van der Waals surface area contributed by atoms with Gasteiger partial charge in [-0.2, -0.15) is 0 Å². The van der Waals surface area contributed by atoms with Crippen LogP contribution in [-0.4, -0.2) is 0 Å². The first-order valence-electron chi connectivity index (χ1n) is 6.53. The van der Waals surface area contributed by atoms with E-state index in [1.807, 2.05) is 0 Å². The Balaban J connectivity index is 1.96. The van der Waals surface area contributed by atoms with Crippen LogP contribution in [-0.2, 0) is 6.42 Å². The van der Waals surface area contributed by atoms with Gasteiger partial charge in [0.05, 0.1) is 0 Å². The Morgan fingerprint density at radius 1 is 1.00 bits per heavy atom. The fourth-order valence-corrected chi connectivity index (χ4v) is 2.14. The van der Waals surface area contributed by atoms with Gasteiger partial charge in [-0.1, -0.05) is 66.2 Å². The van der Waals surface area contributed by atoms with E-state index in [1.54, 1.807) is 0 Å². The molecular weight excluding hydrogens is 216 g/mol. The number of benzene rings is 2. The summed E-state index contributed by atoms with van der Waals surface area (Å²) < 4.78 is 0. The van der Waals surface area contributed by atoms with Gasteiger partial charge in [-0.25, -0.2) is 0 Å². The van der Waals surface area contributed by atoms with E-state index in [1.165, 1.54) is 22.3 Å². The van der Waals surface area contributed by atoms with E-state index in [2.05, 4.69) is 74.5 Å². The molecule has 0 atom stereocenters. The summed E-state index contributed by atoms with van der Waals surface area (Å²) in [6.07, 6.45) is 4.55. The molecule has 2 rings (SSSR count). The summed E-state index contributed by atoms with van der Waals surface area (Å²) in [6.45, 7) is 4.33. The minimum absolute atomic E-state index is 1.10. The molecule has 0 amide bonds. The van der Waals surface area contributed by atoms with Gasteiger partial charge in [-0.15, -0.1) is 0 Å². The molecule has 0 aliphatic rings. The molecule has 0 aliphatic carbocycles. The van der Waals surface area contributed by atoms with Crippen molar-refractivity contribution in [3.05, 3.63) is 77.4 Å². The highest BCUT2D eigenvalue weighted by atomic mass is 14.0. The Kier molecular flexibility index (Phi) is 4.35. The van der Waals surface area contributed by atoms with E-state index in [0.29, 0.717) is 0 Å². The topological polar surface area (TPSA) is 0 Å². The zero-order valence-electron chi connectivity index (χ0n) is 11.2. The molecule has 0 nitrogen and oxygen atoms in total. The Morgan fingerprint density at radius 3 is 2.50 bits per heavy atom. The standard InChI is InChI=1S/C18H20/c1-15-8-6-10-17(14-15)11-7-9-16(2)18-12-4-3-5-13-18/h3-6,8-10,12-14H,7,11H2,1-2H3/b16-9+. The zero-order chi connectivity index (χ0) is 12.8. The van der Waals surface area contributed by atoms with Crippen molar-refractivity contribution in [1.82, 2.24) is 0 Å². The summed E-state index contributed by atoms with van der Waals surface area (Å²) in [5.41, 5.74) is 5.45. The Labute approximate surface area is 110 Å². The Bertz CT molecular complexity index is 521. The van der Waals surface area contributed by atoms with E-state index < -0.39 is 0 Å². The number of aryl methyl sites for hydroxylation is 2. The predicted octanol–water partition coefficient (Wildman–Crippen LogP) is 5.03. The van der Waals surface area contributed by atoms with Crippen molar-refractivity contribution in [1.29, 1.82) is 0 Å². The Hall–Kier alpha value is -1.82. The summed E-state index contributed by atoms with van der Waals surface area (Å²) in [5.74, 6) is 0. The van der Waals surface area contributed by atoms with Crippen molar-refractivity contribution in [3.63, 3.8) is 0 Å². The summed E-state index contributed by atoms with van der Waals surface area (Å²) >= 11 is 0. The summed E-state index contributed by atoms with van der Waals surface area (Å²) in [4.78, 5) is 0.